The Morgan fingerprint density at radius 1 is 1.53 bits per heavy atom. The van der Waals surface area contributed by atoms with Crippen LogP contribution >= 0.6 is 0 Å². The Kier molecular flexibility index (Phi) is 5.44. The van der Waals surface area contributed by atoms with Gasteiger partial charge in [-0.1, -0.05) is 13.8 Å². The molecule has 1 aromatic rings. The topological polar surface area (TPSA) is 57.9 Å². The van der Waals surface area contributed by atoms with Gasteiger partial charge in [0.15, 0.2) is 0 Å². The number of hydrogen-bond acceptors (Lipinski definition) is 4. The SMILES string of the molecule is CCOCC(Nc1cnccc1C#N)C(C)C. The van der Waals surface area contributed by atoms with E-state index in [1.54, 1.807) is 18.5 Å². The molecule has 1 unspecified atom stereocenters. The van der Waals surface area contributed by atoms with E-state index in [9.17, 15) is 0 Å². The van der Waals surface area contributed by atoms with Crippen molar-refractivity contribution in [3.63, 3.8) is 0 Å². The molecular weight excluding hydrogens is 214 g/mol. The van der Waals surface area contributed by atoms with Crippen LogP contribution in [0.3, 0.4) is 0 Å². The molecule has 1 atom stereocenters. The van der Waals surface area contributed by atoms with E-state index in [2.05, 4.69) is 30.2 Å². The number of nitrogens with one attached hydrogen (secondary N) is 1. The Bertz CT molecular complexity index is 384. The maximum absolute atomic E-state index is 9.00. The van der Waals surface area contributed by atoms with Crippen molar-refractivity contribution in [1.82, 2.24) is 4.98 Å². The molecular formula is C13H19N3O. The van der Waals surface area contributed by atoms with Crippen molar-refractivity contribution >= 4 is 5.69 Å². The summed E-state index contributed by atoms with van der Waals surface area (Å²) in [5.74, 6) is 0.424. The summed E-state index contributed by atoms with van der Waals surface area (Å²) in [7, 11) is 0. The molecule has 92 valence electrons. The Hall–Kier alpha value is -1.60. The van der Waals surface area contributed by atoms with Crippen molar-refractivity contribution in [2.45, 2.75) is 26.8 Å². The van der Waals surface area contributed by atoms with E-state index in [0.29, 0.717) is 24.7 Å². The second-order valence-electron chi connectivity index (χ2n) is 4.19. The third-order valence-electron chi connectivity index (χ3n) is 2.59. The van der Waals surface area contributed by atoms with Crippen LogP contribution in [0.1, 0.15) is 26.3 Å². The van der Waals surface area contributed by atoms with Crippen LogP contribution in [0.2, 0.25) is 0 Å². The number of anilines is 1. The Labute approximate surface area is 103 Å². The number of aromatic nitrogens is 1. The van der Waals surface area contributed by atoms with Gasteiger partial charge < -0.3 is 10.1 Å². The van der Waals surface area contributed by atoms with Gasteiger partial charge in [0, 0.05) is 12.8 Å². The molecule has 0 saturated heterocycles. The summed E-state index contributed by atoms with van der Waals surface area (Å²) in [4.78, 5) is 4.03. The van der Waals surface area contributed by atoms with Crippen LogP contribution in [-0.2, 0) is 4.74 Å². The lowest BCUT2D eigenvalue weighted by atomic mass is 10.0. The minimum atomic E-state index is 0.186. The van der Waals surface area contributed by atoms with Gasteiger partial charge in [0.1, 0.15) is 6.07 Å². The van der Waals surface area contributed by atoms with Crippen molar-refractivity contribution < 1.29 is 4.74 Å². The van der Waals surface area contributed by atoms with Gasteiger partial charge in [-0.05, 0) is 18.9 Å². The van der Waals surface area contributed by atoms with E-state index in [1.165, 1.54) is 0 Å². The number of nitriles is 1. The molecule has 0 bridgehead atoms. The van der Waals surface area contributed by atoms with Gasteiger partial charge in [-0.15, -0.1) is 0 Å². The van der Waals surface area contributed by atoms with E-state index < -0.39 is 0 Å². The monoisotopic (exact) mass is 233 g/mol. The minimum Gasteiger partial charge on any atom is -0.380 e. The average Bonchev–Trinajstić information content (AvgIpc) is 2.34. The highest BCUT2D eigenvalue weighted by molar-refractivity contribution is 5.55. The first-order valence-corrected chi connectivity index (χ1v) is 5.87. The minimum absolute atomic E-state index is 0.186. The third kappa shape index (κ3) is 4.04. The van der Waals surface area contributed by atoms with Crippen molar-refractivity contribution in [2.75, 3.05) is 18.5 Å². The van der Waals surface area contributed by atoms with Gasteiger partial charge in [-0.25, -0.2) is 0 Å². The molecule has 1 aromatic heterocycles. The molecule has 0 fully saturated rings. The van der Waals surface area contributed by atoms with Crippen molar-refractivity contribution in [3.05, 3.63) is 24.0 Å². The number of hydrogen-bond donors (Lipinski definition) is 1. The molecule has 0 aromatic carbocycles. The van der Waals surface area contributed by atoms with Gasteiger partial charge in [0.25, 0.3) is 0 Å². The molecule has 0 aliphatic heterocycles. The van der Waals surface area contributed by atoms with Crippen LogP contribution in [0.5, 0.6) is 0 Å². The molecule has 0 aliphatic carbocycles. The van der Waals surface area contributed by atoms with E-state index in [1.807, 2.05) is 6.92 Å². The van der Waals surface area contributed by atoms with Gasteiger partial charge in [0.2, 0.25) is 0 Å². The lowest BCUT2D eigenvalue weighted by Crippen LogP contribution is -2.31. The molecule has 1 rings (SSSR count). The Morgan fingerprint density at radius 3 is 2.88 bits per heavy atom. The van der Waals surface area contributed by atoms with Gasteiger partial charge in [-0.2, -0.15) is 5.26 Å². The molecule has 0 aliphatic rings. The zero-order valence-electron chi connectivity index (χ0n) is 10.6. The van der Waals surface area contributed by atoms with E-state index in [0.717, 1.165) is 5.69 Å². The third-order valence-corrected chi connectivity index (χ3v) is 2.59. The molecule has 0 spiro atoms. The zero-order valence-corrected chi connectivity index (χ0v) is 10.6. The van der Waals surface area contributed by atoms with Gasteiger partial charge in [0.05, 0.1) is 30.1 Å². The summed E-state index contributed by atoms with van der Waals surface area (Å²) in [5.41, 5.74) is 1.38. The second-order valence-corrected chi connectivity index (χ2v) is 4.19. The summed E-state index contributed by atoms with van der Waals surface area (Å²) < 4.78 is 5.44. The van der Waals surface area contributed by atoms with Crippen LogP contribution in [0.4, 0.5) is 5.69 Å². The van der Waals surface area contributed by atoms with Gasteiger partial charge in [-0.3, -0.25) is 4.98 Å². The number of pyridine rings is 1. The lowest BCUT2D eigenvalue weighted by Gasteiger charge is -2.23. The molecule has 0 saturated carbocycles. The van der Waals surface area contributed by atoms with Crippen LogP contribution in [0, 0.1) is 17.2 Å². The largest absolute Gasteiger partial charge is 0.380 e. The quantitative estimate of drug-likeness (QED) is 0.819. The Morgan fingerprint density at radius 2 is 2.29 bits per heavy atom. The predicted octanol–water partition coefficient (Wildman–Crippen LogP) is 2.43. The maximum Gasteiger partial charge on any atom is 0.101 e. The van der Waals surface area contributed by atoms with E-state index in [-0.39, 0.29) is 6.04 Å². The molecule has 0 amide bonds. The second kappa shape index (κ2) is 6.87. The molecule has 4 nitrogen and oxygen atoms in total. The molecule has 4 heteroatoms. The van der Waals surface area contributed by atoms with Crippen LogP contribution in [-0.4, -0.2) is 24.2 Å². The van der Waals surface area contributed by atoms with Crippen LogP contribution < -0.4 is 5.32 Å². The first-order valence-electron chi connectivity index (χ1n) is 5.87. The average molecular weight is 233 g/mol. The fourth-order valence-electron chi connectivity index (χ4n) is 1.45. The number of nitrogens with zero attached hydrogens (tertiary/aromatic N) is 2. The Balaban J connectivity index is 2.75. The maximum atomic E-state index is 9.00. The highest BCUT2D eigenvalue weighted by Crippen LogP contribution is 2.16. The van der Waals surface area contributed by atoms with Crippen LogP contribution in [0.25, 0.3) is 0 Å². The standard InChI is InChI=1S/C13H19N3O/c1-4-17-9-13(10(2)3)16-12-8-15-6-5-11(12)7-14/h5-6,8,10,13,16H,4,9H2,1-3H3. The van der Waals surface area contributed by atoms with Crippen molar-refractivity contribution in [2.24, 2.45) is 5.92 Å². The summed E-state index contributed by atoms with van der Waals surface area (Å²) in [6, 6.07) is 4.05. The number of ether oxygens (including phenoxy) is 1. The molecule has 1 N–H and O–H groups in total. The molecule has 17 heavy (non-hydrogen) atoms. The number of rotatable bonds is 6. The van der Waals surface area contributed by atoms with Crippen LogP contribution in [0.15, 0.2) is 18.5 Å². The van der Waals surface area contributed by atoms with Gasteiger partial charge >= 0.3 is 0 Å². The lowest BCUT2D eigenvalue weighted by molar-refractivity contribution is 0.127. The first-order chi connectivity index (χ1) is 8.19. The normalized spacial score (nSPS) is 12.2. The summed E-state index contributed by atoms with van der Waals surface area (Å²) in [5, 5.41) is 12.3. The highest BCUT2D eigenvalue weighted by atomic mass is 16.5. The predicted molar refractivity (Wildman–Crippen MR) is 67.7 cm³/mol. The highest BCUT2D eigenvalue weighted by Gasteiger charge is 2.14. The smallest absolute Gasteiger partial charge is 0.101 e. The van der Waals surface area contributed by atoms with Crippen molar-refractivity contribution in [1.29, 1.82) is 5.26 Å². The first kappa shape index (κ1) is 13.5. The van der Waals surface area contributed by atoms with E-state index >= 15 is 0 Å². The molecule has 1 heterocycles. The molecule has 0 radical (unpaired) electrons. The zero-order chi connectivity index (χ0) is 12.7. The fourth-order valence-corrected chi connectivity index (χ4v) is 1.45. The fraction of sp³-hybridized carbons (Fsp3) is 0.538. The van der Waals surface area contributed by atoms with E-state index in [4.69, 9.17) is 10.00 Å². The summed E-state index contributed by atoms with van der Waals surface area (Å²) in [6.07, 6.45) is 3.30. The summed E-state index contributed by atoms with van der Waals surface area (Å²) in [6.45, 7) is 7.55. The van der Waals surface area contributed by atoms with Crippen molar-refractivity contribution in [3.8, 4) is 6.07 Å². The summed E-state index contributed by atoms with van der Waals surface area (Å²) >= 11 is 0.